The predicted octanol–water partition coefficient (Wildman–Crippen LogP) is 0.530. The number of esters is 1. The number of hydrogen-bond acceptors (Lipinski definition) is 5. The van der Waals surface area contributed by atoms with Crippen LogP contribution >= 0.6 is 0 Å². The van der Waals surface area contributed by atoms with E-state index in [0.29, 0.717) is 6.54 Å². The summed E-state index contributed by atoms with van der Waals surface area (Å²) in [5.74, 6) is -0.301. The van der Waals surface area contributed by atoms with Gasteiger partial charge in [-0.3, -0.25) is 4.79 Å². The van der Waals surface area contributed by atoms with Crippen LogP contribution in [0.25, 0.3) is 5.69 Å². The standard InChI is InChI=1S/C12H14N4O2/c1-18-12(17)9-13-7-10-8-14-16(15-10)11-5-3-2-4-6-11/h2-6,8,13H,7,9H2,1H3. The molecule has 1 heterocycles. The molecule has 0 aliphatic carbocycles. The second-order valence-corrected chi connectivity index (χ2v) is 3.64. The van der Waals surface area contributed by atoms with Gasteiger partial charge in [0.25, 0.3) is 0 Å². The summed E-state index contributed by atoms with van der Waals surface area (Å²) in [4.78, 5) is 12.5. The van der Waals surface area contributed by atoms with Gasteiger partial charge in [-0.2, -0.15) is 15.0 Å². The molecule has 18 heavy (non-hydrogen) atoms. The third-order valence-corrected chi connectivity index (χ3v) is 2.33. The molecule has 1 N–H and O–H groups in total. The average molecular weight is 246 g/mol. The van der Waals surface area contributed by atoms with Gasteiger partial charge in [0.2, 0.25) is 0 Å². The molecule has 0 atom stereocenters. The maximum atomic E-state index is 10.9. The van der Waals surface area contributed by atoms with Crippen LogP contribution in [0.3, 0.4) is 0 Å². The van der Waals surface area contributed by atoms with E-state index in [2.05, 4.69) is 20.3 Å². The van der Waals surface area contributed by atoms with Crippen LogP contribution in [0.15, 0.2) is 36.5 Å². The molecular weight excluding hydrogens is 232 g/mol. The summed E-state index contributed by atoms with van der Waals surface area (Å²) in [6.07, 6.45) is 1.66. The number of carbonyl (C=O) groups excluding carboxylic acids is 1. The lowest BCUT2D eigenvalue weighted by Crippen LogP contribution is -2.23. The van der Waals surface area contributed by atoms with Crippen molar-refractivity contribution in [2.45, 2.75) is 6.54 Å². The molecule has 0 aliphatic heterocycles. The molecule has 94 valence electrons. The molecule has 1 aromatic heterocycles. The van der Waals surface area contributed by atoms with Crippen LogP contribution in [0.5, 0.6) is 0 Å². The Hall–Kier alpha value is -2.21. The number of nitrogens with zero attached hydrogens (tertiary/aromatic N) is 3. The SMILES string of the molecule is COC(=O)CNCc1cnn(-c2ccccc2)n1. The van der Waals surface area contributed by atoms with Crippen molar-refractivity contribution in [2.75, 3.05) is 13.7 Å². The van der Waals surface area contributed by atoms with Crippen molar-refractivity contribution in [2.24, 2.45) is 0 Å². The minimum absolute atomic E-state index is 0.161. The zero-order valence-corrected chi connectivity index (χ0v) is 10.0. The topological polar surface area (TPSA) is 69.0 Å². The van der Waals surface area contributed by atoms with Crippen LogP contribution < -0.4 is 5.32 Å². The highest BCUT2D eigenvalue weighted by molar-refractivity contribution is 5.71. The van der Waals surface area contributed by atoms with Crippen molar-refractivity contribution in [1.82, 2.24) is 20.3 Å². The predicted molar refractivity (Wildman–Crippen MR) is 65.1 cm³/mol. The van der Waals surface area contributed by atoms with Crippen LogP contribution in [0.4, 0.5) is 0 Å². The minimum atomic E-state index is -0.301. The van der Waals surface area contributed by atoms with Gasteiger partial charge < -0.3 is 10.1 Å². The van der Waals surface area contributed by atoms with Crippen LogP contribution in [0, 0.1) is 0 Å². The van der Waals surface area contributed by atoms with Gasteiger partial charge in [-0.05, 0) is 12.1 Å². The Kier molecular flexibility index (Phi) is 4.03. The molecule has 0 amide bonds. The monoisotopic (exact) mass is 246 g/mol. The van der Waals surface area contributed by atoms with Crippen molar-refractivity contribution >= 4 is 5.97 Å². The molecule has 0 saturated carbocycles. The van der Waals surface area contributed by atoms with Crippen molar-refractivity contribution < 1.29 is 9.53 Å². The van der Waals surface area contributed by atoms with Gasteiger partial charge in [0, 0.05) is 6.54 Å². The summed E-state index contributed by atoms with van der Waals surface area (Å²) in [6.45, 7) is 0.636. The maximum absolute atomic E-state index is 10.9. The van der Waals surface area contributed by atoms with E-state index < -0.39 is 0 Å². The molecule has 0 aliphatic rings. The maximum Gasteiger partial charge on any atom is 0.319 e. The minimum Gasteiger partial charge on any atom is -0.468 e. The summed E-state index contributed by atoms with van der Waals surface area (Å²) in [6, 6.07) is 9.63. The second-order valence-electron chi connectivity index (χ2n) is 3.64. The zero-order chi connectivity index (χ0) is 12.8. The molecule has 0 unspecified atom stereocenters. The quantitative estimate of drug-likeness (QED) is 0.779. The van der Waals surface area contributed by atoms with Crippen molar-refractivity contribution in [3.8, 4) is 5.69 Å². The van der Waals surface area contributed by atoms with E-state index in [9.17, 15) is 4.79 Å². The number of rotatable bonds is 5. The molecule has 0 saturated heterocycles. The van der Waals surface area contributed by atoms with E-state index in [4.69, 9.17) is 0 Å². The number of methoxy groups -OCH3 is 1. The number of aromatic nitrogens is 3. The Labute approximate surface area is 105 Å². The third kappa shape index (κ3) is 3.14. The van der Waals surface area contributed by atoms with Crippen LogP contribution in [-0.2, 0) is 16.1 Å². The number of nitrogens with one attached hydrogen (secondary N) is 1. The third-order valence-electron chi connectivity index (χ3n) is 2.33. The summed E-state index contributed by atoms with van der Waals surface area (Å²) in [7, 11) is 1.36. The average Bonchev–Trinajstić information content (AvgIpc) is 2.88. The van der Waals surface area contributed by atoms with Crippen LogP contribution in [0.2, 0.25) is 0 Å². The van der Waals surface area contributed by atoms with Gasteiger partial charge in [0.05, 0.1) is 31.2 Å². The molecule has 2 aromatic rings. The van der Waals surface area contributed by atoms with E-state index in [-0.39, 0.29) is 12.5 Å². The highest BCUT2D eigenvalue weighted by atomic mass is 16.5. The normalized spacial score (nSPS) is 10.3. The largest absolute Gasteiger partial charge is 0.468 e. The van der Waals surface area contributed by atoms with Crippen LogP contribution in [-0.4, -0.2) is 34.6 Å². The van der Waals surface area contributed by atoms with Crippen molar-refractivity contribution in [3.63, 3.8) is 0 Å². The molecular formula is C12H14N4O2. The fourth-order valence-electron chi connectivity index (χ4n) is 1.43. The Morgan fingerprint density at radius 3 is 2.89 bits per heavy atom. The number of carbonyl (C=O) groups is 1. The first-order valence-electron chi connectivity index (χ1n) is 5.54. The molecule has 6 heteroatoms. The summed E-state index contributed by atoms with van der Waals surface area (Å²) >= 11 is 0. The smallest absolute Gasteiger partial charge is 0.319 e. The lowest BCUT2D eigenvalue weighted by atomic mass is 10.3. The van der Waals surface area contributed by atoms with Crippen molar-refractivity contribution in [1.29, 1.82) is 0 Å². The first-order chi connectivity index (χ1) is 8.79. The van der Waals surface area contributed by atoms with Gasteiger partial charge in [-0.1, -0.05) is 18.2 Å². The van der Waals surface area contributed by atoms with Gasteiger partial charge in [-0.15, -0.1) is 0 Å². The summed E-state index contributed by atoms with van der Waals surface area (Å²) < 4.78 is 4.52. The first kappa shape index (κ1) is 12.3. The molecule has 6 nitrogen and oxygen atoms in total. The molecule has 1 aromatic carbocycles. The van der Waals surface area contributed by atoms with Gasteiger partial charge in [0.15, 0.2) is 0 Å². The summed E-state index contributed by atoms with van der Waals surface area (Å²) in [5, 5.41) is 11.4. The number of benzene rings is 1. The lowest BCUT2D eigenvalue weighted by Gasteiger charge is -2.00. The number of ether oxygens (including phenoxy) is 1. The lowest BCUT2D eigenvalue weighted by molar-refractivity contribution is -0.139. The molecule has 0 spiro atoms. The second kappa shape index (κ2) is 5.92. The summed E-state index contributed by atoms with van der Waals surface area (Å²) in [5.41, 5.74) is 1.67. The van der Waals surface area contributed by atoms with E-state index in [1.165, 1.54) is 7.11 Å². The Morgan fingerprint density at radius 2 is 2.17 bits per heavy atom. The van der Waals surface area contributed by atoms with E-state index in [0.717, 1.165) is 11.4 Å². The Bertz CT molecular complexity index is 510. The Morgan fingerprint density at radius 1 is 1.39 bits per heavy atom. The Balaban J connectivity index is 1.93. The highest BCUT2D eigenvalue weighted by Crippen LogP contribution is 2.03. The van der Waals surface area contributed by atoms with Gasteiger partial charge >= 0.3 is 5.97 Å². The van der Waals surface area contributed by atoms with E-state index in [1.54, 1.807) is 11.0 Å². The fourth-order valence-corrected chi connectivity index (χ4v) is 1.43. The van der Waals surface area contributed by atoms with Gasteiger partial charge in [0.1, 0.15) is 0 Å². The van der Waals surface area contributed by atoms with Crippen molar-refractivity contribution in [3.05, 3.63) is 42.2 Å². The van der Waals surface area contributed by atoms with E-state index >= 15 is 0 Å². The molecule has 0 fully saturated rings. The van der Waals surface area contributed by atoms with Gasteiger partial charge in [-0.25, -0.2) is 0 Å². The first-order valence-corrected chi connectivity index (χ1v) is 5.54. The molecule has 0 radical (unpaired) electrons. The zero-order valence-electron chi connectivity index (χ0n) is 10.0. The molecule has 2 rings (SSSR count). The number of para-hydroxylation sites is 1. The van der Waals surface area contributed by atoms with Crippen LogP contribution in [0.1, 0.15) is 5.69 Å². The molecule has 0 bridgehead atoms. The fraction of sp³-hybridized carbons (Fsp3) is 0.250. The highest BCUT2D eigenvalue weighted by Gasteiger charge is 2.03. The van der Waals surface area contributed by atoms with E-state index in [1.807, 2.05) is 30.3 Å². The number of hydrogen-bond donors (Lipinski definition) is 1.